The van der Waals surface area contributed by atoms with E-state index in [1.165, 1.54) is 0 Å². The van der Waals surface area contributed by atoms with E-state index in [1.807, 2.05) is 61.5 Å². The van der Waals surface area contributed by atoms with Crippen LogP contribution in [0.2, 0.25) is 0 Å². The number of amidine groups is 1. The highest BCUT2D eigenvalue weighted by molar-refractivity contribution is 6.08. The number of hydrogen-bond donors (Lipinski definition) is 3. The van der Waals surface area contributed by atoms with Gasteiger partial charge >= 0.3 is 6.03 Å². The van der Waals surface area contributed by atoms with Crippen molar-refractivity contribution in [1.82, 2.24) is 15.5 Å². The lowest BCUT2D eigenvalue weighted by molar-refractivity contribution is 0.256. The molecule has 7 heteroatoms. The zero-order valence-electron chi connectivity index (χ0n) is 19.7. The smallest absolute Gasteiger partial charge is 0.324 e. The maximum Gasteiger partial charge on any atom is 0.324 e. The molecule has 0 saturated heterocycles. The molecule has 0 aliphatic rings. The number of rotatable bonds is 5. The van der Waals surface area contributed by atoms with Crippen molar-refractivity contribution in [3.05, 3.63) is 78.5 Å². The molecule has 3 N–H and O–H groups in total. The summed E-state index contributed by atoms with van der Waals surface area (Å²) in [5.41, 5.74) is 5.02. The second-order valence-corrected chi connectivity index (χ2v) is 8.72. The molecule has 3 rings (SSSR count). The lowest BCUT2D eigenvalue weighted by atomic mass is 9.87. The molecule has 0 aliphatic heterocycles. The van der Waals surface area contributed by atoms with Crippen molar-refractivity contribution >= 4 is 39.8 Å². The summed E-state index contributed by atoms with van der Waals surface area (Å²) in [5, 5.41) is 18.1. The molecule has 0 fully saturated rings. The maximum atomic E-state index is 12.4. The first-order valence-corrected chi connectivity index (χ1v) is 10.7. The Morgan fingerprint density at radius 1 is 1.03 bits per heavy atom. The zero-order chi connectivity index (χ0) is 24.0. The molecule has 0 aliphatic carbocycles. The average Bonchev–Trinajstić information content (AvgIpc) is 2.78. The number of anilines is 2. The third-order valence-electron chi connectivity index (χ3n) is 5.33. The van der Waals surface area contributed by atoms with Crippen LogP contribution in [0.5, 0.6) is 0 Å². The van der Waals surface area contributed by atoms with E-state index in [0.29, 0.717) is 17.2 Å². The van der Waals surface area contributed by atoms with E-state index in [4.69, 9.17) is 0 Å². The molecule has 7 nitrogen and oxygen atoms in total. The molecule has 1 heterocycles. The standard InChI is InChI=1S/C26H30N6O/c1-17(26(3,4)5)15-24(27-6)31-25(33)30-20-13-11-19(12-14-20)29-18(2)22-16-28-32-23-10-8-7-9-21(22)23/h7-16,29H,2H2,1,3-6H3,(H2,27,30,31,33)/b17-15+. The van der Waals surface area contributed by atoms with Crippen LogP contribution >= 0.6 is 0 Å². The number of carbonyl (C=O) groups is 1. The van der Waals surface area contributed by atoms with Crippen LogP contribution in [-0.2, 0) is 0 Å². The number of carbonyl (C=O) groups excluding carboxylic acids is 1. The maximum absolute atomic E-state index is 12.4. The lowest BCUT2D eigenvalue weighted by Crippen LogP contribution is -2.33. The number of allylic oxidation sites excluding steroid dienone is 1. The number of urea groups is 1. The highest BCUT2D eigenvalue weighted by Crippen LogP contribution is 2.25. The third-order valence-corrected chi connectivity index (χ3v) is 5.33. The normalized spacial score (nSPS) is 12.4. The molecule has 0 atom stereocenters. The van der Waals surface area contributed by atoms with Gasteiger partial charge in [-0.05, 0) is 48.7 Å². The van der Waals surface area contributed by atoms with E-state index < -0.39 is 0 Å². The quantitative estimate of drug-likeness (QED) is 0.341. The Morgan fingerprint density at radius 2 is 1.67 bits per heavy atom. The van der Waals surface area contributed by atoms with Crippen LogP contribution in [0, 0.1) is 5.41 Å². The molecule has 0 spiro atoms. The van der Waals surface area contributed by atoms with Crippen LogP contribution < -0.4 is 16.0 Å². The van der Waals surface area contributed by atoms with Crippen LogP contribution in [0.4, 0.5) is 16.2 Å². The number of aromatic nitrogens is 2. The molecule has 0 bridgehead atoms. The van der Waals surface area contributed by atoms with Crippen molar-refractivity contribution in [2.24, 2.45) is 10.4 Å². The van der Waals surface area contributed by atoms with E-state index >= 15 is 0 Å². The van der Waals surface area contributed by atoms with Crippen molar-refractivity contribution in [2.45, 2.75) is 27.7 Å². The first kappa shape index (κ1) is 23.7. The highest BCUT2D eigenvalue weighted by Gasteiger charge is 2.14. The number of fused-ring (bicyclic) bond motifs is 1. The van der Waals surface area contributed by atoms with Crippen LogP contribution in [0.25, 0.3) is 16.6 Å². The molecule has 0 unspecified atom stereocenters. The van der Waals surface area contributed by atoms with Crippen molar-refractivity contribution in [3.8, 4) is 0 Å². The van der Waals surface area contributed by atoms with Gasteiger partial charge in [0.15, 0.2) is 0 Å². The Labute approximate surface area is 194 Å². The van der Waals surface area contributed by atoms with Crippen LogP contribution in [0.3, 0.4) is 0 Å². The average molecular weight is 443 g/mol. The number of aliphatic imine (C=N–C) groups is 1. The van der Waals surface area contributed by atoms with Gasteiger partial charge in [-0.2, -0.15) is 10.2 Å². The molecule has 2 amide bonds. The van der Waals surface area contributed by atoms with Gasteiger partial charge in [0, 0.05) is 35.1 Å². The largest absolute Gasteiger partial charge is 0.355 e. The summed E-state index contributed by atoms with van der Waals surface area (Å²) in [6.45, 7) is 12.5. The fraction of sp³-hybridized carbons (Fsp3) is 0.231. The Balaban J connectivity index is 1.63. The summed E-state index contributed by atoms with van der Waals surface area (Å²) in [5.74, 6) is 0.507. The topological polar surface area (TPSA) is 91.3 Å². The molecule has 3 aromatic rings. The van der Waals surface area contributed by atoms with E-state index in [0.717, 1.165) is 27.7 Å². The summed E-state index contributed by atoms with van der Waals surface area (Å²) in [6, 6.07) is 14.8. The van der Waals surface area contributed by atoms with Crippen molar-refractivity contribution in [1.29, 1.82) is 0 Å². The molecular formula is C26H30N6O. The van der Waals surface area contributed by atoms with Crippen molar-refractivity contribution < 1.29 is 4.79 Å². The van der Waals surface area contributed by atoms with Crippen LogP contribution in [0.1, 0.15) is 33.3 Å². The minimum atomic E-state index is -0.354. The van der Waals surface area contributed by atoms with Crippen LogP contribution in [0.15, 0.2) is 77.9 Å². The molecular weight excluding hydrogens is 412 g/mol. The first-order valence-electron chi connectivity index (χ1n) is 10.7. The van der Waals surface area contributed by atoms with Crippen molar-refractivity contribution in [2.75, 3.05) is 17.7 Å². The number of nitrogens with one attached hydrogen (secondary N) is 3. The van der Waals surface area contributed by atoms with E-state index in [1.54, 1.807) is 13.2 Å². The Morgan fingerprint density at radius 3 is 2.30 bits per heavy atom. The number of amides is 2. The van der Waals surface area contributed by atoms with Gasteiger partial charge in [-0.25, -0.2) is 4.79 Å². The van der Waals surface area contributed by atoms with Gasteiger partial charge < -0.3 is 10.6 Å². The van der Waals surface area contributed by atoms with Gasteiger partial charge in [0.1, 0.15) is 5.84 Å². The molecule has 1 aromatic heterocycles. The Hall–Kier alpha value is -4.00. The van der Waals surface area contributed by atoms with Gasteiger partial charge in [0.2, 0.25) is 0 Å². The second kappa shape index (κ2) is 10.1. The Kier molecular flexibility index (Phi) is 7.23. The second-order valence-electron chi connectivity index (χ2n) is 8.72. The third kappa shape index (κ3) is 6.26. The van der Waals surface area contributed by atoms with Gasteiger partial charge in [-0.15, -0.1) is 0 Å². The fourth-order valence-electron chi connectivity index (χ4n) is 2.98. The van der Waals surface area contributed by atoms with Crippen LogP contribution in [-0.4, -0.2) is 29.1 Å². The van der Waals surface area contributed by atoms with E-state index in [9.17, 15) is 4.79 Å². The summed E-state index contributed by atoms with van der Waals surface area (Å²) in [4.78, 5) is 16.6. The van der Waals surface area contributed by atoms with E-state index in [-0.39, 0.29) is 11.4 Å². The van der Waals surface area contributed by atoms with Gasteiger partial charge in [0.25, 0.3) is 0 Å². The summed E-state index contributed by atoms with van der Waals surface area (Å²) in [7, 11) is 1.65. The number of nitrogens with zero attached hydrogens (tertiary/aromatic N) is 3. The predicted molar refractivity (Wildman–Crippen MR) is 137 cm³/mol. The summed E-state index contributed by atoms with van der Waals surface area (Å²) >= 11 is 0. The monoisotopic (exact) mass is 442 g/mol. The molecule has 0 radical (unpaired) electrons. The van der Waals surface area contributed by atoms with Gasteiger partial charge in [0.05, 0.1) is 11.7 Å². The highest BCUT2D eigenvalue weighted by atomic mass is 16.2. The zero-order valence-corrected chi connectivity index (χ0v) is 19.7. The predicted octanol–water partition coefficient (Wildman–Crippen LogP) is 5.85. The first-order chi connectivity index (χ1) is 15.7. The number of benzene rings is 2. The SMILES string of the molecule is C=C(Nc1ccc(NC(=O)NC(/C=C(\C)C(C)(C)C)=NC)cc1)c1cnnc2ccccc12. The summed E-state index contributed by atoms with van der Waals surface area (Å²) < 4.78 is 0. The Bertz CT molecular complexity index is 1210. The molecule has 170 valence electrons. The minimum Gasteiger partial charge on any atom is -0.355 e. The molecule has 0 saturated carbocycles. The van der Waals surface area contributed by atoms with Gasteiger partial charge in [-0.1, -0.05) is 51.1 Å². The minimum absolute atomic E-state index is 0.000451. The van der Waals surface area contributed by atoms with E-state index in [2.05, 4.69) is 58.5 Å². The summed E-state index contributed by atoms with van der Waals surface area (Å²) in [6.07, 6.45) is 3.58. The molecule has 2 aromatic carbocycles. The van der Waals surface area contributed by atoms with Crippen molar-refractivity contribution in [3.63, 3.8) is 0 Å². The lowest BCUT2D eigenvalue weighted by Gasteiger charge is -2.20. The molecule has 33 heavy (non-hydrogen) atoms. The number of hydrogen-bond acceptors (Lipinski definition) is 5. The van der Waals surface area contributed by atoms with Gasteiger partial charge in [-0.3, -0.25) is 10.3 Å². The fourth-order valence-corrected chi connectivity index (χ4v) is 2.98.